The van der Waals surface area contributed by atoms with Gasteiger partial charge in [0.1, 0.15) is 0 Å². The van der Waals surface area contributed by atoms with E-state index in [2.05, 4.69) is 23.6 Å². The first-order valence-electron chi connectivity index (χ1n) is 6.78. The molecule has 0 bridgehead atoms. The number of hydrogen-bond acceptors (Lipinski definition) is 2. The van der Waals surface area contributed by atoms with Crippen molar-refractivity contribution >= 4 is 11.6 Å². The predicted octanol–water partition coefficient (Wildman–Crippen LogP) is 3.65. The summed E-state index contributed by atoms with van der Waals surface area (Å²) in [6.07, 6.45) is 3.16. The number of fused-ring (bicyclic) bond motifs is 1. The smallest absolute Gasteiger partial charge is 0.0992 e. The van der Waals surface area contributed by atoms with Crippen molar-refractivity contribution in [1.29, 1.82) is 5.26 Å². The minimum atomic E-state index is 0.121. The van der Waals surface area contributed by atoms with Crippen molar-refractivity contribution in [2.75, 3.05) is 0 Å². The molecule has 102 valence electrons. The van der Waals surface area contributed by atoms with Crippen LogP contribution in [0.15, 0.2) is 24.3 Å². The first-order valence-corrected chi connectivity index (χ1v) is 7.16. The van der Waals surface area contributed by atoms with Gasteiger partial charge in [0.2, 0.25) is 0 Å². The summed E-state index contributed by atoms with van der Waals surface area (Å²) >= 11 is 6.35. The minimum absolute atomic E-state index is 0.121. The fourth-order valence-electron chi connectivity index (χ4n) is 3.03. The number of aromatic nitrogens is 1. The lowest BCUT2D eigenvalue weighted by molar-refractivity contribution is 0.560. The van der Waals surface area contributed by atoms with Crippen LogP contribution in [0, 0.1) is 18.3 Å². The van der Waals surface area contributed by atoms with E-state index in [0.717, 1.165) is 30.6 Å². The van der Waals surface area contributed by atoms with Gasteiger partial charge in [-0.1, -0.05) is 11.6 Å². The first kappa shape index (κ1) is 13.2. The van der Waals surface area contributed by atoms with Gasteiger partial charge in [-0.15, -0.1) is 0 Å². The molecular weight excluding hydrogens is 270 g/mol. The molecular formula is C16H16ClN3. The molecule has 0 aliphatic heterocycles. The fraction of sp³-hybridized carbons (Fsp3) is 0.312. The Hall–Kier alpha value is -1.76. The average molecular weight is 286 g/mol. The van der Waals surface area contributed by atoms with E-state index in [0.29, 0.717) is 10.6 Å². The van der Waals surface area contributed by atoms with Gasteiger partial charge in [-0.25, -0.2) is 0 Å². The van der Waals surface area contributed by atoms with Crippen molar-refractivity contribution in [3.63, 3.8) is 0 Å². The zero-order chi connectivity index (χ0) is 14.3. The highest BCUT2D eigenvalue weighted by Crippen LogP contribution is 2.34. The molecule has 1 aromatic carbocycles. The molecule has 0 saturated heterocycles. The summed E-state index contributed by atoms with van der Waals surface area (Å²) in [5, 5.41) is 9.53. The molecule has 2 N–H and O–H groups in total. The summed E-state index contributed by atoms with van der Waals surface area (Å²) in [5.41, 5.74) is 11.3. The molecule has 1 aromatic heterocycles. The second-order valence-electron chi connectivity index (χ2n) is 5.30. The molecule has 0 spiro atoms. The molecule has 3 rings (SSSR count). The lowest BCUT2D eigenvalue weighted by Crippen LogP contribution is -2.18. The zero-order valence-corrected chi connectivity index (χ0v) is 12.1. The molecule has 0 saturated carbocycles. The Morgan fingerprint density at radius 1 is 1.40 bits per heavy atom. The number of nitrogens with two attached hydrogens (primary N) is 1. The third kappa shape index (κ3) is 2.02. The maximum Gasteiger partial charge on any atom is 0.0992 e. The highest BCUT2D eigenvalue weighted by atomic mass is 35.5. The number of hydrogen-bond donors (Lipinski definition) is 1. The largest absolute Gasteiger partial charge is 0.324 e. The van der Waals surface area contributed by atoms with Gasteiger partial charge in [0.05, 0.1) is 22.3 Å². The van der Waals surface area contributed by atoms with Crippen LogP contribution >= 0.6 is 11.6 Å². The van der Waals surface area contributed by atoms with Crippen LogP contribution < -0.4 is 5.73 Å². The highest BCUT2D eigenvalue weighted by molar-refractivity contribution is 6.32. The Bertz CT molecular complexity index is 709. The van der Waals surface area contributed by atoms with Gasteiger partial charge in [-0.2, -0.15) is 5.26 Å². The van der Waals surface area contributed by atoms with Gasteiger partial charge in [0.15, 0.2) is 0 Å². The summed E-state index contributed by atoms with van der Waals surface area (Å²) in [5.74, 6) is 0. The van der Waals surface area contributed by atoms with Crippen molar-refractivity contribution in [2.45, 2.75) is 32.2 Å². The maximum absolute atomic E-state index is 8.93. The van der Waals surface area contributed by atoms with Gasteiger partial charge in [0.25, 0.3) is 0 Å². The number of nitriles is 1. The lowest BCUT2D eigenvalue weighted by Gasteiger charge is -2.21. The summed E-state index contributed by atoms with van der Waals surface area (Å²) in [6.45, 7) is 2.07. The SMILES string of the molecule is Cc1cc2c(n1-c1ccc(C#N)cc1Cl)CCCC2N. The Labute approximate surface area is 123 Å². The summed E-state index contributed by atoms with van der Waals surface area (Å²) in [6, 6.07) is 9.82. The third-order valence-corrected chi connectivity index (χ3v) is 4.27. The Kier molecular flexibility index (Phi) is 3.29. The Morgan fingerprint density at radius 3 is 2.90 bits per heavy atom. The van der Waals surface area contributed by atoms with E-state index in [1.807, 2.05) is 6.07 Å². The fourth-order valence-corrected chi connectivity index (χ4v) is 3.30. The number of benzene rings is 1. The maximum atomic E-state index is 8.93. The van der Waals surface area contributed by atoms with Crippen LogP contribution in [0.25, 0.3) is 5.69 Å². The molecule has 1 heterocycles. The van der Waals surface area contributed by atoms with E-state index in [1.54, 1.807) is 12.1 Å². The van der Waals surface area contributed by atoms with Crippen LogP contribution in [0.2, 0.25) is 5.02 Å². The van der Waals surface area contributed by atoms with Gasteiger partial charge in [-0.3, -0.25) is 0 Å². The Morgan fingerprint density at radius 2 is 2.20 bits per heavy atom. The van der Waals surface area contributed by atoms with Gasteiger partial charge in [0, 0.05) is 17.4 Å². The summed E-state index contributed by atoms with van der Waals surface area (Å²) in [7, 11) is 0. The monoisotopic (exact) mass is 285 g/mol. The zero-order valence-electron chi connectivity index (χ0n) is 11.4. The van der Waals surface area contributed by atoms with Crippen molar-refractivity contribution in [3.05, 3.63) is 51.8 Å². The quantitative estimate of drug-likeness (QED) is 0.869. The molecule has 0 fully saturated rings. The topological polar surface area (TPSA) is 54.7 Å². The van der Waals surface area contributed by atoms with Crippen LogP contribution in [0.4, 0.5) is 0 Å². The van der Waals surface area contributed by atoms with Crippen LogP contribution in [-0.4, -0.2) is 4.57 Å². The molecule has 0 radical (unpaired) electrons. The van der Waals surface area contributed by atoms with E-state index in [1.165, 1.54) is 11.3 Å². The molecule has 1 atom stereocenters. The standard InChI is InChI=1S/C16H16ClN3/c1-10-7-12-14(19)3-2-4-15(12)20(10)16-6-5-11(9-18)8-13(16)17/h5-8,14H,2-4,19H2,1H3. The number of rotatable bonds is 1. The number of nitrogens with zero attached hydrogens (tertiary/aromatic N) is 2. The van der Waals surface area contributed by atoms with Crippen LogP contribution in [0.5, 0.6) is 0 Å². The first-order chi connectivity index (χ1) is 9.61. The second-order valence-corrected chi connectivity index (χ2v) is 5.71. The van der Waals surface area contributed by atoms with Crippen LogP contribution in [0.3, 0.4) is 0 Å². The molecule has 1 unspecified atom stereocenters. The van der Waals surface area contributed by atoms with E-state index in [-0.39, 0.29) is 6.04 Å². The molecule has 1 aliphatic carbocycles. The molecule has 0 amide bonds. The third-order valence-electron chi connectivity index (χ3n) is 3.97. The highest BCUT2D eigenvalue weighted by Gasteiger charge is 2.23. The average Bonchev–Trinajstić information content (AvgIpc) is 2.77. The molecule has 4 heteroatoms. The van der Waals surface area contributed by atoms with Gasteiger partial charge in [-0.05, 0) is 56.0 Å². The lowest BCUT2D eigenvalue weighted by atomic mass is 9.93. The van der Waals surface area contributed by atoms with Crippen molar-refractivity contribution in [3.8, 4) is 11.8 Å². The van der Waals surface area contributed by atoms with Gasteiger partial charge >= 0.3 is 0 Å². The summed E-state index contributed by atoms with van der Waals surface area (Å²) < 4.78 is 2.18. The molecule has 2 aromatic rings. The number of halogens is 1. The van der Waals surface area contributed by atoms with Gasteiger partial charge < -0.3 is 10.3 Å². The van der Waals surface area contributed by atoms with E-state index < -0.39 is 0 Å². The van der Waals surface area contributed by atoms with E-state index in [4.69, 9.17) is 22.6 Å². The Balaban J connectivity index is 2.18. The van der Waals surface area contributed by atoms with Crippen molar-refractivity contribution in [2.24, 2.45) is 5.73 Å². The minimum Gasteiger partial charge on any atom is -0.324 e. The second kappa shape index (κ2) is 4.97. The normalized spacial score (nSPS) is 17.6. The number of aryl methyl sites for hydroxylation is 1. The van der Waals surface area contributed by atoms with E-state index in [9.17, 15) is 0 Å². The summed E-state index contributed by atoms with van der Waals surface area (Å²) in [4.78, 5) is 0. The molecule has 3 nitrogen and oxygen atoms in total. The molecule has 1 aliphatic rings. The molecule has 20 heavy (non-hydrogen) atoms. The predicted molar refractivity (Wildman–Crippen MR) is 80.1 cm³/mol. The van der Waals surface area contributed by atoms with Crippen LogP contribution in [-0.2, 0) is 6.42 Å². The van der Waals surface area contributed by atoms with Crippen LogP contribution in [0.1, 0.15) is 41.4 Å². The van der Waals surface area contributed by atoms with E-state index >= 15 is 0 Å². The van der Waals surface area contributed by atoms with Crippen molar-refractivity contribution < 1.29 is 0 Å². The van der Waals surface area contributed by atoms with Crippen molar-refractivity contribution in [1.82, 2.24) is 4.57 Å².